The Morgan fingerprint density at radius 2 is 1.85 bits per heavy atom. The molecule has 1 rings (SSSR count). The highest BCUT2D eigenvalue weighted by atomic mass is 16.5. The molecule has 0 aliphatic heterocycles. The lowest BCUT2D eigenvalue weighted by Crippen LogP contribution is -2.40. The molecule has 0 bridgehead atoms. The van der Waals surface area contributed by atoms with Gasteiger partial charge in [-0.2, -0.15) is 0 Å². The standard InChI is InChI=1S/C15H25N3O2/c1-12-5-6-14(11-13(12)2)20-10-8-17-15(19)16-7-9-18(3)4/h5-6,11H,7-10H2,1-4H3,(H2,16,17,19). The molecule has 2 N–H and O–H groups in total. The molecule has 0 saturated heterocycles. The second kappa shape index (κ2) is 8.43. The van der Waals surface area contributed by atoms with Gasteiger partial charge in [0.05, 0.1) is 6.54 Å². The van der Waals surface area contributed by atoms with E-state index in [0.717, 1.165) is 12.3 Å². The van der Waals surface area contributed by atoms with E-state index in [2.05, 4.69) is 24.5 Å². The van der Waals surface area contributed by atoms with E-state index in [4.69, 9.17) is 4.74 Å². The van der Waals surface area contributed by atoms with E-state index in [9.17, 15) is 4.79 Å². The number of urea groups is 1. The van der Waals surface area contributed by atoms with Crippen LogP contribution < -0.4 is 15.4 Å². The first-order valence-electron chi connectivity index (χ1n) is 6.85. The van der Waals surface area contributed by atoms with Crippen molar-refractivity contribution >= 4 is 6.03 Å². The van der Waals surface area contributed by atoms with Gasteiger partial charge < -0.3 is 20.3 Å². The first-order valence-corrected chi connectivity index (χ1v) is 6.85. The van der Waals surface area contributed by atoms with Crippen LogP contribution in [0.4, 0.5) is 4.79 Å². The maximum Gasteiger partial charge on any atom is 0.314 e. The highest BCUT2D eigenvalue weighted by Crippen LogP contribution is 2.15. The van der Waals surface area contributed by atoms with E-state index < -0.39 is 0 Å². The molecule has 0 atom stereocenters. The fourth-order valence-corrected chi connectivity index (χ4v) is 1.59. The minimum atomic E-state index is -0.157. The van der Waals surface area contributed by atoms with Crippen molar-refractivity contribution in [1.82, 2.24) is 15.5 Å². The van der Waals surface area contributed by atoms with Gasteiger partial charge in [0, 0.05) is 13.1 Å². The lowest BCUT2D eigenvalue weighted by Gasteiger charge is -2.12. The largest absolute Gasteiger partial charge is 0.492 e. The van der Waals surface area contributed by atoms with Crippen LogP contribution in [0.15, 0.2) is 18.2 Å². The van der Waals surface area contributed by atoms with Crippen LogP contribution in [0.25, 0.3) is 0 Å². The Bertz CT molecular complexity index is 433. The smallest absolute Gasteiger partial charge is 0.314 e. The summed E-state index contributed by atoms with van der Waals surface area (Å²) in [5.41, 5.74) is 2.45. The summed E-state index contributed by atoms with van der Waals surface area (Å²) >= 11 is 0. The zero-order chi connectivity index (χ0) is 15.0. The predicted molar refractivity (Wildman–Crippen MR) is 81.4 cm³/mol. The van der Waals surface area contributed by atoms with Gasteiger partial charge in [0.25, 0.3) is 0 Å². The van der Waals surface area contributed by atoms with E-state index in [1.165, 1.54) is 11.1 Å². The Morgan fingerprint density at radius 1 is 1.15 bits per heavy atom. The van der Waals surface area contributed by atoms with Crippen LogP contribution in [-0.4, -0.2) is 51.3 Å². The molecule has 5 nitrogen and oxygen atoms in total. The van der Waals surface area contributed by atoms with Gasteiger partial charge in [0.15, 0.2) is 0 Å². The minimum absolute atomic E-state index is 0.157. The molecule has 0 saturated carbocycles. The molecule has 0 radical (unpaired) electrons. The number of carbonyl (C=O) groups is 1. The van der Waals surface area contributed by atoms with Gasteiger partial charge in [-0.25, -0.2) is 4.79 Å². The molecule has 112 valence electrons. The van der Waals surface area contributed by atoms with E-state index in [1.807, 2.05) is 37.2 Å². The molecule has 1 aromatic rings. The van der Waals surface area contributed by atoms with Crippen LogP contribution in [0.5, 0.6) is 5.75 Å². The topological polar surface area (TPSA) is 53.6 Å². The monoisotopic (exact) mass is 279 g/mol. The molecule has 0 aliphatic carbocycles. The van der Waals surface area contributed by atoms with Crippen molar-refractivity contribution in [2.75, 3.05) is 40.3 Å². The number of carbonyl (C=O) groups excluding carboxylic acids is 1. The normalized spacial score (nSPS) is 10.4. The summed E-state index contributed by atoms with van der Waals surface area (Å²) in [7, 11) is 3.94. The van der Waals surface area contributed by atoms with Gasteiger partial charge >= 0.3 is 6.03 Å². The average Bonchev–Trinajstić information content (AvgIpc) is 2.38. The minimum Gasteiger partial charge on any atom is -0.492 e. The van der Waals surface area contributed by atoms with E-state index in [-0.39, 0.29) is 6.03 Å². The number of benzene rings is 1. The van der Waals surface area contributed by atoms with Gasteiger partial charge in [-0.3, -0.25) is 0 Å². The van der Waals surface area contributed by atoms with Crippen LogP contribution in [0.2, 0.25) is 0 Å². The Hall–Kier alpha value is -1.75. The number of aryl methyl sites for hydroxylation is 2. The number of nitrogens with zero attached hydrogens (tertiary/aromatic N) is 1. The summed E-state index contributed by atoms with van der Waals surface area (Å²) in [5, 5.41) is 5.54. The Labute approximate surface area is 121 Å². The lowest BCUT2D eigenvalue weighted by atomic mass is 10.1. The molecule has 5 heteroatoms. The third kappa shape index (κ3) is 6.43. The maximum absolute atomic E-state index is 11.4. The first-order chi connectivity index (χ1) is 9.49. The van der Waals surface area contributed by atoms with Gasteiger partial charge in [0.1, 0.15) is 12.4 Å². The highest BCUT2D eigenvalue weighted by Gasteiger charge is 2.00. The summed E-state index contributed by atoms with van der Waals surface area (Å²) in [6.07, 6.45) is 0. The molecular weight excluding hydrogens is 254 g/mol. The van der Waals surface area contributed by atoms with E-state index in [0.29, 0.717) is 19.7 Å². The molecule has 0 aromatic heterocycles. The zero-order valence-corrected chi connectivity index (χ0v) is 12.8. The summed E-state index contributed by atoms with van der Waals surface area (Å²) < 4.78 is 5.58. The molecular formula is C15H25N3O2. The van der Waals surface area contributed by atoms with E-state index >= 15 is 0 Å². The van der Waals surface area contributed by atoms with Gasteiger partial charge in [-0.05, 0) is 51.2 Å². The predicted octanol–water partition coefficient (Wildman–Crippen LogP) is 1.54. The summed E-state index contributed by atoms with van der Waals surface area (Å²) in [5.74, 6) is 0.836. The molecule has 0 aliphatic rings. The van der Waals surface area contributed by atoms with Crippen molar-refractivity contribution in [3.8, 4) is 5.75 Å². The zero-order valence-electron chi connectivity index (χ0n) is 12.8. The molecule has 0 unspecified atom stereocenters. The van der Waals surface area contributed by atoms with Crippen LogP contribution in [0.3, 0.4) is 0 Å². The molecule has 2 amide bonds. The molecule has 0 heterocycles. The lowest BCUT2D eigenvalue weighted by molar-refractivity contribution is 0.235. The van der Waals surface area contributed by atoms with Gasteiger partial charge in [-0.15, -0.1) is 0 Å². The second-order valence-electron chi connectivity index (χ2n) is 5.08. The fraction of sp³-hybridized carbons (Fsp3) is 0.533. The van der Waals surface area contributed by atoms with Crippen LogP contribution in [0.1, 0.15) is 11.1 Å². The fourth-order valence-electron chi connectivity index (χ4n) is 1.59. The SMILES string of the molecule is Cc1ccc(OCCNC(=O)NCCN(C)C)cc1C. The van der Waals surface area contributed by atoms with Crippen LogP contribution in [-0.2, 0) is 0 Å². The number of likely N-dealkylation sites (N-methyl/N-ethyl adjacent to an activating group) is 1. The second-order valence-corrected chi connectivity index (χ2v) is 5.08. The van der Waals surface area contributed by atoms with Crippen molar-refractivity contribution in [1.29, 1.82) is 0 Å². The van der Waals surface area contributed by atoms with E-state index in [1.54, 1.807) is 0 Å². The molecule has 20 heavy (non-hydrogen) atoms. The maximum atomic E-state index is 11.4. The van der Waals surface area contributed by atoms with Gasteiger partial charge in [0.2, 0.25) is 0 Å². The number of hydrogen-bond acceptors (Lipinski definition) is 3. The first kappa shape index (κ1) is 16.3. The van der Waals surface area contributed by atoms with Crippen molar-refractivity contribution < 1.29 is 9.53 Å². The van der Waals surface area contributed by atoms with Crippen LogP contribution >= 0.6 is 0 Å². The number of amides is 2. The third-order valence-corrected chi connectivity index (χ3v) is 2.98. The average molecular weight is 279 g/mol. The van der Waals surface area contributed by atoms with Gasteiger partial charge in [-0.1, -0.05) is 6.07 Å². The molecule has 0 fully saturated rings. The number of hydrogen-bond donors (Lipinski definition) is 2. The summed E-state index contributed by atoms with van der Waals surface area (Å²) in [6.45, 7) is 6.53. The number of ether oxygens (including phenoxy) is 1. The summed E-state index contributed by atoms with van der Waals surface area (Å²) in [4.78, 5) is 13.5. The van der Waals surface area contributed by atoms with Crippen molar-refractivity contribution in [3.63, 3.8) is 0 Å². The van der Waals surface area contributed by atoms with Crippen molar-refractivity contribution in [3.05, 3.63) is 29.3 Å². The summed E-state index contributed by atoms with van der Waals surface area (Å²) in [6, 6.07) is 5.83. The number of nitrogens with one attached hydrogen (secondary N) is 2. The molecule has 0 spiro atoms. The Morgan fingerprint density at radius 3 is 2.50 bits per heavy atom. The Balaban J connectivity index is 2.15. The number of rotatable bonds is 7. The quantitative estimate of drug-likeness (QED) is 0.745. The highest BCUT2D eigenvalue weighted by molar-refractivity contribution is 5.73. The third-order valence-electron chi connectivity index (χ3n) is 2.98. The van der Waals surface area contributed by atoms with Crippen molar-refractivity contribution in [2.24, 2.45) is 0 Å². The van der Waals surface area contributed by atoms with Crippen molar-refractivity contribution in [2.45, 2.75) is 13.8 Å². The van der Waals surface area contributed by atoms with Crippen LogP contribution in [0, 0.1) is 13.8 Å². The molecule has 1 aromatic carbocycles. The Kier molecular flexibility index (Phi) is 6.87.